The molecule has 32 heavy (non-hydrogen) atoms. The van der Waals surface area contributed by atoms with Gasteiger partial charge in [0.05, 0.1) is 18.6 Å². The van der Waals surface area contributed by atoms with Crippen LogP contribution in [-0.4, -0.2) is 47.1 Å². The van der Waals surface area contributed by atoms with Crippen LogP contribution in [0.2, 0.25) is 0 Å². The number of rotatable bonds is 3. The first kappa shape index (κ1) is 23.5. The zero-order chi connectivity index (χ0) is 23.7. The monoisotopic (exact) mass is 446 g/mol. The van der Waals surface area contributed by atoms with E-state index in [0.29, 0.717) is 44.1 Å². The van der Waals surface area contributed by atoms with Gasteiger partial charge < -0.3 is 19.7 Å². The van der Waals surface area contributed by atoms with E-state index in [-0.39, 0.29) is 17.8 Å². The Bertz CT molecular complexity index is 878. The van der Waals surface area contributed by atoms with Crippen molar-refractivity contribution in [1.29, 1.82) is 0 Å². The summed E-state index contributed by atoms with van der Waals surface area (Å²) < 4.78 is 11.2. The van der Waals surface area contributed by atoms with Gasteiger partial charge in [-0.1, -0.05) is 26.0 Å². The molecule has 4 saturated carbocycles. The van der Waals surface area contributed by atoms with Gasteiger partial charge in [0.15, 0.2) is 0 Å². The third-order valence-corrected chi connectivity index (χ3v) is 10.0. The molecular weight excluding hydrogens is 408 g/mol. The Morgan fingerprint density at radius 2 is 1.91 bits per heavy atom. The highest BCUT2D eigenvalue weighted by molar-refractivity contribution is 5.88. The van der Waals surface area contributed by atoms with E-state index in [1.807, 2.05) is 13.8 Å². The van der Waals surface area contributed by atoms with E-state index in [9.17, 15) is 19.8 Å². The van der Waals surface area contributed by atoms with Gasteiger partial charge in [-0.15, -0.1) is 0 Å². The smallest absolute Gasteiger partial charge is 0.333 e. The maximum absolute atomic E-state index is 12.9. The van der Waals surface area contributed by atoms with Gasteiger partial charge in [-0.2, -0.15) is 0 Å². The van der Waals surface area contributed by atoms with Gasteiger partial charge in [-0.05, 0) is 76.7 Å². The second kappa shape index (κ2) is 7.42. The van der Waals surface area contributed by atoms with Gasteiger partial charge >= 0.3 is 11.9 Å². The normalized spacial score (nSPS) is 48.0. The molecule has 6 nitrogen and oxygen atoms in total. The minimum atomic E-state index is -1.50. The maximum Gasteiger partial charge on any atom is 0.333 e. The molecule has 4 rings (SSSR count). The van der Waals surface area contributed by atoms with Crippen LogP contribution in [0, 0.1) is 28.1 Å². The van der Waals surface area contributed by atoms with E-state index in [0.717, 1.165) is 12.0 Å². The van der Waals surface area contributed by atoms with Crippen LogP contribution >= 0.6 is 0 Å². The molecule has 0 unspecified atom stereocenters. The summed E-state index contributed by atoms with van der Waals surface area (Å²) in [5.41, 5.74) is -2.44. The average molecular weight is 447 g/mol. The molecule has 4 aliphatic carbocycles. The van der Waals surface area contributed by atoms with E-state index in [1.165, 1.54) is 7.11 Å². The first-order valence-corrected chi connectivity index (χ1v) is 11.9. The number of allylic oxidation sites excluding steroid dienone is 1. The minimum Gasteiger partial charge on any atom is -0.469 e. The van der Waals surface area contributed by atoms with E-state index in [2.05, 4.69) is 6.58 Å². The molecule has 0 heterocycles. The highest BCUT2D eigenvalue weighted by Gasteiger charge is 2.78. The minimum absolute atomic E-state index is 0.00437. The van der Waals surface area contributed by atoms with Crippen LogP contribution in [0.1, 0.15) is 72.6 Å². The van der Waals surface area contributed by atoms with E-state index in [4.69, 9.17) is 9.47 Å². The van der Waals surface area contributed by atoms with Crippen molar-refractivity contribution in [2.24, 2.45) is 28.1 Å². The molecule has 6 heteroatoms. The van der Waals surface area contributed by atoms with E-state index >= 15 is 0 Å². The van der Waals surface area contributed by atoms with Crippen molar-refractivity contribution < 1.29 is 29.3 Å². The second-order valence-corrected chi connectivity index (χ2v) is 11.2. The molecule has 2 bridgehead atoms. The van der Waals surface area contributed by atoms with Gasteiger partial charge in [0.25, 0.3) is 0 Å². The van der Waals surface area contributed by atoms with E-state index < -0.39 is 40.0 Å². The van der Waals surface area contributed by atoms with Crippen molar-refractivity contribution in [1.82, 2.24) is 0 Å². The van der Waals surface area contributed by atoms with Crippen molar-refractivity contribution in [2.45, 2.75) is 90.4 Å². The predicted octanol–water partition coefficient (Wildman–Crippen LogP) is 3.70. The predicted molar refractivity (Wildman–Crippen MR) is 119 cm³/mol. The largest absolute Gasteiger partial charge is 0.469 e. The van der Waals surface area contributed by atoms with Crippen LogP contribution < -0.4 is 0 Å². The SMILES string of the molecule is C=C1[C@@H]2C[C@H](O)[C@@]3(O)[C@@](CC[C@@H]4[C@](C)(C(=O)OC)CCC[C@]43C)(C2)[C@H]1OC(=O)/C(C)=C\C. The fourth-order valence-corrected chi connectivity index (χ4v) is 8.34. The Labute approximate surface area is 191 Å². The summed E-state index contributed by atoms with van der Waals surface area (Å²) in [5, 5.41) is 24.1. The standard InChI is InChI=1S/C26H38O6/c1-7-15(2)21(28)32-20-16(3)17-13-19(27)26(30)24(5)11-8-10-23(4,22(29)31-6)18(24)9-12-25(20,26)14-17/h7,17-20,27,30H,3,8-14H2,1-2,4-6H3/b15-7-/t17-,18-,19+,20+,23-,24-,25+,26+/m1/s1. The summed E-state index contributed by atoms with van der Waals surface area (Å²) in [7, 11) is 1.42. The van der Waals surface area contributed by atoms with Crippen molar-refractivity contribution in [3.8, 4) is 0 Å². The molecule has 4 fully saturated rings. The average Bonchev–Trinajstić information content (AvgIpc) is 2.98. The van der Waals surface area contributed by atoms with Crippen molar-refractivity contribution in [3.05, 3.63) is 23.8 Å². The summed E-state index contributed by atoms with van der Waals surface area (Å²) in [4.78, 5) is 25.7. The Morgan fingerprint density at radius 3 is 2.53 bits per heavy atom. The van der Waals surface area contributed by atoms with Crippen molar-refractivity contribution in [2.75, 3.05) is 7.11 Å². The molecule has 4 aliphatic rings. The molecule has 8 atom stereocenters. The third kappa shape index (κ3) is 2.65. The molecule has 2 N–H and O–H groups in total. The van der Waals surface area contributed by atoms with Crippen molar-refractivity contribution in [3.63, 3.8) is 0 Å². The second-order valence-electron chi connectivity index (χ2n) is 11.2. The number of carbonyl (C=O) groups is 2. The molecular formula is C26H38O6. The van der Waals surface area contributed by atoms with Crippen LogP contribution in [0.15, 0.2) is 23.8 Å². The zero-order valence-corrected chi connectivity index (χ0v) is 20.1. The molecule has 178 valence electrons. The number of aliphatic hydroxyl groups is 2. The van der Waals surface area contributed by atoms with Crippen LogP contribution in [0.4, 0.5) is 0 Å². The number of hydrogen-bond donors (Lipinski definition) is 2. The number of carbonyl (C=O) groups excluding carboxylic acids is 2. The number of hydrogen-bond acceptors (Lipinski definition) is 6. The lowest BCUT2D eigenvalue weighted by Gasteiger charge is -2.69. The van der Waals surface area contributed by atoms with Crippen molar-refractivity contribution >= 4 is 11.9 Å². The maximum atomic E-state index is 12.9. The van der Waals surface area contributed by atoms with Gasteiger partial charge in [0.2, 0.25) is 0 Å². The third-order valence-electron chi connectivity index (χ3n) is 10.0. The highest BCUT2D eigenvalue weighted by Crippen LogP contribution is 2.74. The molecule has 0 aromatic heterocycles. The first-order valence-electron chi connectivity index (χ1n) is 11.9. The lowest BCUT2D eigenvalue weighted by atomic mass is 9.38. The summed E-state index contributed by atoms with van der Waals surface area (Å²) in [6.07, 6.45) is 4.55. The topological polar surface area (TPSA) is 93.1 Å². The molecule has 1 spiro atoms. The van der Waals surface area contributed by atoms with Gasteiger partial charge in [-0.25, -0.2) is 4.79 Å². The Morgan fingerprint density at radius 1 is 1.22 bits per heavy atom. The number of methoxy groups -OCH3 is 1. The molecule has 0 radical (unpaired) electrons. The number of aliphatic hydroxyl groups excluding tert-OH is 1. The Balaban J connectivity index is 1.83. The van der Waals surface area contributed by atoms with Crippen LogP contribution in [0.25, 0.3) is 0 Å². The first-order chi connectivity index (χ1) is 14.9. The van der Waals surface area contributed by atoms with Crippen LogP contribution in [0.5, 0.6) is 0 Å². The molecule has 0 aromatic rings. The summed E-state index contributed by atoms with van der Waals surface area (Å²) in [5.74, 6) is -0.795. The van der Waals surface area contributed by atoms with Gasteiger partial charge in [0.1, 0.15) is 11.7 Å². The molecule has 0 aliphatic heterocycles. The summed E-state index contributed by atoms with van der Waals surface area (Å²) in [6, 6.07) is 0. The fourth-order valence-electron chi connectivity index (χ4n) is 8.34. The number of fused-ring (bicyclic) bond motifs is 3. The fraction of sp³-hybridized carbons (Fsp3) is 0.769. The van der Waals surface area contributed by atoms with E-state index in [1.54, 1.807) is 19.9 Å². The highest BCUT2D eigenvalue weighted by atomic mass is 16.5. The Kier molecular flexibility index (Phi) is 5.45. The lowest BCUT2D eigenvalue weighted by Crippen LogP contribution is -2.75. The quantitative estimate of drug-likeness (QED) is 0.390. The van der Waals surface area contributed by atoms with Gasteiger partial charge in [0, 0.05) is 16.4 Å². The molecule has 0 aromatic carbocycles. The summed E-state index contributed by atoms with van der Waals surface area (Å²) in [6.45, 7) is 11.7. The summed E-state index contributed by atoms with van der Waals surface area (Å²) >= 11 is 0. The van der Waals surface area contributed by atoms with Crippen LogP contribution in [0.3, 0.4) is 0 Å². The number of esters is 2. The Hall–Kier alpha value is -1.66. The number of ether oxygens (including phenoxy) is 2. The van der Waals surface area contributed by atoms with Gasteiger partial charge in [-0.3, -0.25) is 4.79 Å². The zero-order valence-electron chi connectivity index (χ0n) is 20.1. The molecule has 0 amide bonds. The van der Waals surface area contributed by atoms with Crippen LogP contribution in [-0.2, 0) is 19.1 Å². The molecule has 0 saturated heterocycles. The lowest BCUT2D eigenvalue weighted by molar-refractivity contribution is -0.311.